The maximum absolute atomic E-state index is 13.8. The number of hydrogen-bond acceptors (Lipinski definition) is 7. The van der Waals surface area contributed by atoms with E-state index in [9.17, 15) is 14.0 Å². The number of carbonyl (C=O) groups is 1. The van der Waals surface area contributed by atoms with Crippen LogP contribution in [0.4, 0.5) is 21.7 Å². The number of nitrogens with one attached hydrogen (secondary N) is 2. The van der Waals surface area contributed by atoms with Crippen LogP contribution in [-0.2, 0) is 11.8 Å². The molecule has 2 N–H and O–H groups in total. The molecule has 2 aromatic heterocycles. The van der Waals surface area contributed by atoms with E-state index in [1.807, 2.05) is 0 Å². The number of aromatic nitrogens is 3. The van der Waals surface area contributed by atoms with Crippen molar-refractivity contribution in [3.8, 4) is 22.6 Å². The molecule has 9 nitrogen and oxygen atoms in total. The number of aryl methyl sites for hydroxylation is 1. The summed E-state index contributed by atoms with van der Waals surface area (Å²) >= 11 is 13.0. The van der Waals surface area contributed by atoms with E-state index in [1.54, 1.807) is 6.07 Å². The lowest BCUT2D eigenvalue weighted by molar-refractivity contribution is -0.111. The van der Waals surface area contributed by atoms with E-state index < -0.39 is 17.3 Å². The average molecular weight is 544 g/mol. The smallest absolute Gasteiger partial charge is 0.259 e. The van der Waals surface area contributed by atoms with Crippen molar-refractivity contribution in [1.82, 2.24) is 14.5 Å². The van der Waals surface area contributed by atoms with Gasteiger partial charge in [0.25, 0.3) is 5.56 Å². The normalized spacial score (nSPS) is 10.8. The Labute approximate surface area is 220 Å². The number of rotatable bonds is 7. The highest BCUT2D eigenvalue weighted by Crippen LogP contribution is 2.45. The van der Waals surface area contributed by atoms with Crippen LogP contribution in [0, 0.1) is 5.82 Å². The van der Waals surface area contributed by atoms with Crippen molar-refractivity contribution in [3.63, 3.8) is 0 Å². The summed E-state index contributed by atoms with van der Waals surface area (Å²) in [5, 5.41) is 6.26. The molecule has 0 aliphatic rings. The van der Waals surface area contributed by atoms with Gasteiger partial charge in [-0.05, 0) is 30.3 Å². The number of benzene rings is 2. The number of hydrogen-bond donors (Lipinski definition) is 2. The van der Waals surface area contributed by atoms with E-state index in [2.05, 4.69) is 27.2 Å². The molecule has 0 atom stereocenters. The van der Waals surface area contributed by atoms with E-state index in [-0.39, 0.29) is 44.3 Å². The fraction of sp³-hybridized carbons (Fsp3) is 0.120. The molecular weight excluding hydrogens is 524 g/mol. The monoisotopic (exact) mass is 543 g/mol. The fourth-order valence-electron chi connectivity index (χ4n) is 3.64. The van der Waals surface area contributed by atoms with Crippen LogP contribution in [0.3, 0.4) is 0 Å². The quantitative estimate of drug-likeness (QED) is 0.303. The SMILES string of the molecule is C=CC(=O)Nc1cc(F)ccc1Nc1ncc2cc(-c3c(Cl)c(OC)cc(OC)c3Cl)c(=O)n(C)c2n1. The Morgan fingerprint density at radius 2 is 1.78 bits per heavy atom. The number of nitrogens with zero attached hydrogens (tertiary/aromatic N) is 3. The van der Waals surface area contributed by atoms with Crippen molar-refractivity contribution in [2.24, 2.45) is 7.05 Å². The van der Waals surface area contributed by atoms with Gasteiger partial charge in [-0.15, -0.1) is 0 Å². The minimum atomic E-state index is -0.550. The number of carbonyl (C=O) groups excluding carboxylic acids is 1. The van der Waals surface area contributed by atoms with E-state index >= 15 is 0 Å². The molecule has 1 amide bonds. The van der Waals surface area contributed by atoms with Crippen molar-refractivity contribution in [3.05, 3.63) is 75.4 Å². The second-order valence-electron chi connectivity index (χ2n) is 7.69. The van der Waals surface area contributed by atoms with Crippen molar-refractivity contribution in [2.75, 3.05) is 24.9 Å². The van der Waals surface area contributed by atoms with Gasteiger partial charge in [0.15, 0.2) is 0 Å². The van der Waals surface area contributed by atoms with E-state index in [4.69, 9.17) is 32.7 Å². The Hall–Kier alpha value is -4.15. The first-order chi connectivity index (χ1) is 17.7. The predicted molar refractivity (Wildman–Crippen MR) is 142 cm³/mol. The molecule has 4 aromatic rings. The molecule has 0 radical (unpaired) electrons. The number of amides is 1. The summed E-state index contributed by atoms with van der Waals surface area (Å²) in [7, 11) is 4.42. The van der Waals surface area contributed by atoms with Crippen LogP contribution >= 0.6 is 23.2 Å². The minimum absolute atomic E-state index is 0.107. The Kier molecular flexibility index (Phi) is 7.33. The molecule has 12 heteroatoms. The van der Waals surface area contributed by atoms with Gasteiger partial charge in [-0.3, -0.25) is 14.2 Å². The first kappa shape index (κ1) is 25.9. The van der Waals surface area contributed by atoms with Crippen LogP contribution in [0.15, 0.2) is 54.0 Å². The van der Waals surface area contributed by atoms with Gasteiger partial charge in [0.05, 0.1) is 41.2 Å². The number of ether oxygens (including phenoxy) is 2. The summed E-state index contributed by atoms with van der Waals surface area (Å²) in [6.07, 6.45) is 2.56. The van der Waals surface area contributed by atoms with Crippen LogP contribution in [0.2, 0.25) is 10.0 Å². The second-order valence-corrected chi connectivity index (χ2v) is 8.44. The van der Waals surface area contributed by atoms with Gasteiger partial charge in [-0.25, -0.2) is 9.37 Å². The Balaban J connectivity index is 1.82. The zero-order valence-electron chi connectivity index (χ0n) is 19.9. The lowest BCUT2D eigenvalue weighted by Crippen LogP contribution is -2.20. The zero-order valence-corrected chi connectivity index (χ0v) is 21.4. The number of halogens is 3. The van der Waals surface area contributed by atoms with Crippen molar-refractivity contribution in [2.45, 2.75) is 0 Å². The minimum Gasteiger partial charge on any atom is -0.495 e. The molecule has 0 aliphatic heterocycles. The van der Waals surface area contributed by atoms with Gasteiger partial charge in [-0.2, -0.15) is 4.98 Å². The topological polar surface area (TPSA) is 107 Å². The molecule has 0 saturated carbocycles. The van der Waals surface area contributed by atoms with Gasteiger partial charge in [0, 0.05) is 30.3 Å². The lowest BCUT2D eigenvalue weighted by atomic mass is 10.0. The molecule has 0 fully saturated rings. The molecule has 190 valence electrons. The third kappa shape index (κ3) is 4.93. The standard InChI is InChI=1S/C25H20Cl2FN5O4/c1-5-19(34)30-16-9-13(28)6-7-15(16)31-25-29-11-12-8-14(24(35)33(2)23(12)32-25)20-21(26)17(36-3)10-18(37-4)22(20)27/h5-11H,1H2,2-4H3,(H,30,34)(H,29,31,32). The molecule has 2 aromatic carbocycles. The molecule has 0 spiro atoms. The molecule has 0 aliphatic carbocycles. The molecule has 0 bridgehead atoms. The van der Waals surface area contributed by atoms with Crippen LogP contribution in [0.5, 0.6) is 11.5 Å². The number of pyridine rings is 1. The number of methoxy groups -OCH3 is 2. The van der Waals surface area contributed by atoms with Crippen LogP contribution in [0.1, 0.15) is 0 Å². The van der Waals surface area contributed by atoms with Crippen LogP contribution < -0.4 is 25.7 Å². The summed E-state index contributed by atoms with van der Waals surface area (Å²) in [5.74, 6) is -0.389. The van der Waals surface area contributed by atoms with Gasteiger partial charge in [0.1, 0.15) is 23.0 Å². The molecule has 37 heavy (non-hydrogen) atoms. The number of anilines is 3. The van der Waals surface area contributed by atoms with Crippen LogP contribution in [0.25, 0.3) is 22.2 Å². The van der Waals surface area contributed by atoms with E-state index in [0.717, 1.165) is 12.1 Å². The average Bonchev–Trinajstić information content (AvgIpc) is 2.89. The maximum atomic E-state index is 13.8. The van der Waals surface area contributed by atoms with E-state index in [0.29, 0.717) is 16.7 Å². The third-order valence-electron chi connectivity index (χ3n) is 5.46. The predicted octanol–water partition coefficient (Wildman–Crippen LogP) is 5.33. The molecule has 0 saturated heterocycles. The lowest BCUT2D eigenvalue weighted by Gasteiger charge is -2.16. The Morgan fingerprint density at radius 1 is 1.11 bits per heavy atom. The van der Waals surface area contributed by atoms with Crippen LogP contribution in [-0.4, -0.2) is 34.7 Å². The highest BCUT2D eigenvalue weighted by Gasteiger charge is 2.22. The molecule has 4 rings (SSSR count). The van der Waals surface area contributed by atoms with Gasteiger partial charge < -0.3 is 20.1 Å². The van der Waals surface area contributed by atoms with Gasteiger partial charge in [-0.1, -0.05) is 29.8 Å². The largest absolute Gasteiger partial charge is 0.495 e. The second kappa shape index (κ2) is 10.5. The summed E-state index contributed by atoms with van der Waals surface area (Å²) in [5.41, 5.74) is 0.801. The summed E-state index contributed by atoms with van der Waals surface area (Å²) in [4.78, 5) is 33.9. The Morgan fingerprint density at radius 3 is 2.41 bits per heavy atom. The maximum Gasteiger partial charge on any atom is 0.259 e. The van der Waals surface area contributed by atoms with E-state index in [1.165, 1.54) is 50.2 Å². The first-order valence-electron chi connectivity index (χ1n) is 10.7. The van der Waals surface area contributed by atoms with Crippen molar-refractivity contribution < 1.29 is 18.7 Å². The Bertz CT molecular complexity index is 1600. The molecular formula is C25H20Cl2FN5O4. The molecule has 2 heterocycles. The zero-order chi connectivity index (χ0) is 26.9. The molecule has 0 unspecified atom stereocenters. The fourth-order valence-corrected chi connectivity index (χ4v) is 4.35. The van der Waals surface area contributed by atoms with Crippen molar-refractivity contribution >= 4 is 57.5 Å². The van der Waals surface area contributed by atoms with Crippen molar-refractivity contribution in [1.29, 1.82) is 0 Å². The summed E-state index contributed by atoms with van der Waals surface area (Å²) < 4.78 is 25.7. The van der Waals surface area contributed by atoms with Gasteiger partial charge in [0.2, 0.25) is 11.9 Å². The number of fused-ring (bicyclic) bond motifs is 1. The highest BCUT2D eigenvalue weighted by molar-refractivity contribution is 6.41. The first-order valence-corrected chi connectivity index (χ1v) is 11.4. The third-order valence-corrected chi connectivity index (χ3v) is 6.21. The summed E-state index contributed by atoms with van der Waals surface area (Å²) in [6.45, 7) is 3.39. The van der Waals surface area contributed by atoms with Gasteiger partial charge >= 0.3 is 0 Å². The highest BCUT2D eigenvalue weighted by atomic mass is 35.5. The summed E-state index contributed by atoms with van der Waals surface area (Å²) in [6, 6.07) is 6.88.